The van der Waals surface area contributed by atoms with E-state index in [1.807, 2.05) is 35.6 Å². The summed E-state index contributed by atoms with van der Waals surface area (Å²) in [5, 5.41) is 9.14. The van der Waals surface area contributed by atoms with E-state index in [2.05, 4.69) is 0 Å². The number of benzene rings is 1. The number of ether oxygens (including phenoxy) is 3. The van der Waals surface area contributed by atoms with Gasteiger partial charge in [0.15, 0.2) is 0 Å². The van der Waals surface area contributed by atoms with Crippen LogP contribution in [0.4, 0.5) is 0 Å². The van der Waals surface area contributed by atoms with Crippen molar-refractivity contribution in [1.29, 1.82) is 0 Å². The molecule has 1 aromatic carbocycles. The van der Waals surface area contributed by atoms with Gasteiger partial charge in [0, 0.05) is 6.61 Å². The molecule has 19 heavy (non-hydrogen) atoms. The fourth-order valence-electron chi connectivity index (χ4n) is 1.49. The fraction of sp³-hybridized carbons (Fsp3) is 0.462. The summed E-state index contributed by atoms with van der Waals surface area (Å²) in [6, 6.07) is 3.48. The van der Waals surface area contributed by atoms with Crippen LogP contribution in [-0.2, 0) is 15.9 Å². The Morgan fingerprint density at radius 1 is 1.37 bits per heavy atom. The van der Waals surface area contributed by atoms with Crippen LogP contribution in [0.1, 0.15) is 22.8 Å². The smallest absolute Gasteiger partial charge is 0.336 e. The molecular weight excluding hydrogens is 363 g/mol. The summed E-state index contributed by atoms with van der Waals surface area (Å²) in [7, 11) is 1.53. The molecule has 0 saturated heterocycles. The first kappa shape index (κ1) is 16.2. The summed E-state index contributed by atoms with van der Waals surface area (Å²) < 4.78 is 16.1. The number of aromatic carboxylic acids is 1. The van der Waals surface area contributed by atoms with Crippen molar-refractivity contribution in [2.45, 2.75) is 13.3 Å². The Morgan fingerprint density at radius 2 is 2.11 bits per heavy atom. The Labute approximate surface area is 126 Å². The molecule has 1 aromatic rings. The minimum Gasteiger partial charge on any atom is -0.496 e. The predicted molar refractivity (Wildman–Crippen MR) is 78.8 cm³/mol. The third kappa shape index (κ3) is 4.96. The minimum atomic E-state index is -0.959. The highest BCUT2D eigenvalue weighted by atomic mass is 127. The van der Waals surface area contributed by atoms with E-state index in [-0.39, 0.29) is 12.4 Å². The van der Waals surface area contributed by atoms with Gasteiger partial charge in [0.2, 0.25) is 0 Å². The van der Waals surface area contributed by atoms with Gasteiger partial charge in [-0.1, -0.05) is 0 Å². The molecule has 1 rings (SSSR count). The van der Waals surface area contributed by atoms with Crippen molar-refractivity contribution in [2.24, 2.45) is 0 Å². The third-order valence-corrected chi connectivity index (χ3v) is 3.57. The molecule has 0 amide bonds. The number of carboxylic acid groups (broad SMARTS) is 1. The maximum absolute atomic E-state index is 11.1. The van der Waals surface area contributed by atoms with Crippen molar-refractivity contribution in [3.05, 3.63) is 26.8 Å². The average molecular weight is 380 g/mol. The van der Waals surface area contributed by atoms with Crippen LogP contribution in [0.2, 0.25) is 0 Å². The van der Waals surface area contributed by atoms with E-state index in [9.17, 15) is 4.79 Å². The van der Waals surface area contributed by atoms with Crippen molar-refractivity contribution in [2.75, 3.05) is 27.1 Å². The summed E-state index contributed by atoms with van der Waals surface area (Å²) in [6.45, 7) is 3.24. The number of hydrogen-bond donors (Lipinski definition) is 1. The monoisotopic (exact) mass is 380 g/mol. The Bertz CT molecular complexity index is 433. The maximum atomic E-state index is 11.1. The molecule has 0 aliphatic rings. The number of carboxylic acids is 1. The van der Waals surface area contributed by atoms with Gasteiger partial charge in [0.05, 0.1) is 22.9 Å². The van der Waals surface area contributed by atoms with E-state index in [0.717, 1.165) is 5.56 Å². The molecule has 1 N–H and O–H groups in total. The molecule has 5 nitrogen and oxygen atoms in total. The molecule has 106 valence electrons. The van der Waals surface area contributed by atoms with Crippen molar-refractivity contribution < 1.29 is 24.1 Å². The van der Waals surface area contributed by atoms with Gasteiger partial charge in [-0.3, -0.25) is 0 Å². The predicted octanol–water partition coefficient (Wildman–Crippen LogP) is 2.55. The summed E-state index contributed by atoms with van der Waals surface area (Å²) >= 11 is 1.97. The summed E-state index contributed by atoms with van der Waals surface area (Å²) in [5.41, 5.74) is 1.12. The lowest BCUT2D eigenvalue weighted by atomic mass is 10.1. The van der Waals surface area contributed by atoms with E-state index in [1.54, 1.807) is 6.07 Å². The molecule has 0 heterocycles. The summed E-state index contributed by atoms with van der Waals surface area (Å²) in [6.07, 6.45) is 0.612. The molecule has 0 saturated carbocycles. The van der Waals surface area contributed by atoms with Gasteiger partial charge in [-0.05, 0) is 53.6 Å². The molecule has 0 aliphatic carbocycles. The van der Waals surface area contributed by atoms with Crippen molar-refractivity contribution in [3.63, 3.8) is 0 Å². The highest BCUT2D eigenvalue weighted by Crippen LogP contribution is 2.26. The number of halogens is 1. The summed E-state index contributed by atoms with van der Waals surface area (Å²) in [4.78, 5) is 11.1. The number of hydrogen-bond acceptors (Lipinski definition) is 4. The van der Waals surface area contributed by atoms with Gasteiger partial charge in [-0.15, -0.1) is 0 Å². The SMILES string of the molecule is CCOCOCCc1cc(OC)c(I)c(C(=O)O)c1. The molecule has 6 heteroatoms. The molecular formula is C13H17IO5. The maximum Gasteiger partial charge on any atom is 0.336 e. The largest absolute Gasteiger partial charge is 0.496 e. The zero-order valence-electron chi connectivity index (χ0n) is 10.9. The number of methoxy groups -OCH3 is 1. The normalized spacial score (nSPS) is 10.5. The van der Waals surface area contributed by atoms with Gasteiger partial charge in [0.25, 0.3) is 0 Å². The lowest BCUT2D eigenvalue weighted by Crippen LogP contribution is -2.07. The third-order valence-electron chi connectivity index (χ3n) is 2.46. The molecule has 0 spiro atoms. The van der Waals surface area contributed by atoms with Crippen molar-refractivity contribution in [1.82, 2.24) is 0 Å². The van der Waals surface area contributed by atoms with E-state index in [1.165, 1.54) is 7.11 Å². The Morgan fingerprint density at radius 3 is 2.68 bits per heavy atom. The van der Waals surface area contributed by atoms with Crippen LogP contribution in [0, 0.1) is 3.57 Å². The van der Waals surface area contributed by atoms with Crippen LogP contribution in [0.25, 0.3) is 0 Å². The van der Waals surface area contributed by atoms with E-state index < -0.39 is 5.97 Å². The second kappa shape index (κ2) is 8.34. The van der Waals surface area contributed by atoms with Crippen LogP contribution in [0.5, 0.6) is 5.75 Å². The first-order chi connectivity index (χ1) is 9.10. The fourth-order valence-corrected chi connectivity index (χ4v) is 2.26. The van der Waals surface area contributed by atoms with Gasteiger partial charge in [-0.2, -0.15) is 0 Å². The first-order valence-corrected chi connectivity index (χ1v) is 6.93. The van der Waals surface area contributed by atoms with Crippen LogP contribution in [0.15, 0.2) is 12.1 Å². The van der Waals surface area contributed by atoms with Gasteiger partial charge in [0.1, 0.15) is 12.5 Å². The topological polar surface area (TPSA) is 65.0 Å². The standard InChI is InChI=1S/C13H17IO5/c1-3-18-8-19-5-4-9-6-10(13(15)16)12(14)11(7-9)17-2/h6-7H,3-5,8H2,1-2H3,(H,15,16). The Balaban J connectivity index is 2.73. The second-order valence-corrected chi connectivity index (χ2v) is 4.81. The zero-order valence-corrected chi connectivity index (χ0v) is 13.1. The van der Waals surface area contributed by atoms with Crippen LogP contribution < -0.4 is 4.74 Å². The number of carbonyl (C=O) groups is 1. The lowest BCUT2D eigenvalue weighted by molar-refractivity contribution is -0.0481. The Kier molecular flexibility index (Phi) is 7.11. The highest BCUT2D eigenvalue weighted by molar-refractivity contribution is 14.1. The first-order valence-electron chi connectivity index (χ1n) is 5.85. The van der Waals surface area contributed by atoms with Gasteiger partial charge < -0.3 is 19.3 Å². The highest BCUT2D eigenvalue weighted by Gasteiger charge is 2.14. The summed E-state index contributed by atoms with van der Waals surface area (Å²) in [5.74, 6) is -0.389. The molecule has 0 bridgehead atoms. The molecule has 0 aliphatic heterocycles. The van der Waals surface area contributed by atoms with Crippen molar-refractivity contribution in [3.8, 4) is 5.75 Å². The van der Waals surface area contributed by atoms with Gasteiger partial charge >= 0.3 is 5.97 Å². The van der Waals surface area contributed by atoms with Crippen LogP contribution >= 0.6 is 22.6 Å². The Hall–Kier alpha value is -0.860. The van der Waals surface area contributed by atoms with Gasteiger partial charge in [-0.25, -0.2) is 4.79 Å². The quantitative estimate of drug-likeness (QED) is 0.427. The zero-order chi connectivity index (χ0) is 14.3. The molecule has 0 unspecified atom stereocenters. The minimum absolute atomic E-state index is 0.250. The van der Waals surface area contributed by atoms with E-state index in [0.29, 0.717) is 29.0 Å². The second-order valence-electron chi connectivity index (χ2n) is 3.73. The lowest BCUT2D eigenvalue weighted by Gasteiger charge is -2.10. The van der Waals surface area contributed by atoms with Crippen LogP contribution in [0.3, 0.4) is 0 Å². The van der Waals surface area contributed by atoms with E-state index >= 15 is 0 Å². The molecule has 0 aromatic heterocycles. The molecule has 0 radical (unpaired) electrons. The molecule has 0 atom stereocenters. The average Bonchev–Trinajstić information content (AvgIpc) is 2.39. The number of rotatable bonds is 8. The molecule has 0 fully saturated rings. The van der Waals surface area contributed by atoms with E-state index in [4.69, 9.17) is 19.3 Å². The van der Waals surface area contributed by atoms with Crippen molar-refractivity contribution >= 4 is 28.6 Å². The van der Waals surface area contributed by atoms with Crippen LogP contribution in [-0.4, -0.2) is 38.2 Å².